The highest BCUT2D eigenvalue weighted by Gasteiger charge is 2.32. The van der Waals surface area contributed by atoms with Crippen LogP contribution in [-0.4, -0.2) is 12.1 Å². The van der Waals surface area contributed by atoms with E-state index in [9.17, 15) is 0 Å². The monoisotopic (exact) mass is 321 g/mol. The van der Waals surface area contributed by atoms with E-state index in [1.807, 2.05) is 0 Å². The van der Waals surface area contributed by atoms with Crippen molar-refractivity contribution in [3.8, 4) is 0 Å². The van der Waals surface area contributed by atoms with E-state index in [4.69, 9.17) is 0 Å². The van der Waals surface area contributed by atoms with E-state index in [0.717, 1.165) is 23.9 Å². The molecule has 0 aromatic heterocycles. The Morgan fingerprint density at radius 1 is 0.947 bits per heavy atom. The lowest BCUT2D eigenvalue weighted by Gasteiger charge is -2.40. The summed E-state index contributed by atoms with van der Waals surface area (Å²) < 4.78 is 1.18. The highest BCUT2D eigenvalue weighted by Crippen LogP contribution is 2.38. The van der Waals surface area contributed by atoms with Gasteiger partial charge in [-0.2, -0.15) is 0 Å². The maximum Gasteiger partial charge on any atom is 0.0175 e. The molecule has 0 spiro atoms. The van der Waals surface area contributed by atoms with Crippen LogP contribution in [0.2, 0.25) is 0 Å². The average molecular weight is 322 g/mol. The fraction of sp³-hybridized carbons (Fsp3) is 0.647. The molecule has 0 atom stereocenters. The molecule has 0 bridgehead atoms. The van der Waals surface area contributed by atoms with Crippen molar-refractivity contribution < 1.29 is 0 Å². The summed E-state index contributed by atoms with van der Waals surface area (Å²) in [6, 6.07) is 10.4. The van der Waals surface area contributed by atoms with Crippen LogP contribution in [0.3, 0.4) is 0 Å². The van der Waals surface area contributed by atoms with Crippen LogP contribution in [0.4, 0.5) is 0 Å². The minimum absolute atomic E-state index is 0.770. The highest BCUT2D eigenvalue weighted by atomic mass is 79.9. The summed E-state index contributed by atoms with van der Waals surface area (Å²) in [6.45, 7) is 2.39. The summed E-state index contributed by atoms with van der Waals surface area (Å²) in [4.78, 5) is 0. The molecule has 0 radical (unpaired) electrons. The second-order valence-corrected chi connectivity index (χ2v) is 7.46. The Kier molecular flexibility index (Phi) is 4.28. The first-order valence-corrected chi connectivity index (χ1v) is 8.51. The van der Waals surface area contributed by atoms with Crippen molar-refractivity contribution >= 4 is 15.9 Å². The normalized spacial score (nSPS) is 34.8. The summed E-state index contributed by atoms with van der Waals surface area (Å²) in [5, 5.41) is 3.88. The van der Waals surface area contributed by atoms with Crippen LogP contribution in [-0.2, 0) is 0 Å². The summed E-state index contributed by atoms with van der Waals surface area (Å²) in [6.07, 6.45) is 8.27. The van der Waals surface area contributed by atoms with Gasteiger partial charge in [-0.15, -0.1) is 0 Å². The van der Waals surface area contributed by atoms with Gasteiger partial charge < -0.3 is 5.32 Å². The third kappa shape index (κ3) is 3.41. The Morgan fingerprint density at radius 3 is 2.21 bits per heavy atom. The second kappa shape index (κ2) is 5.97. The van der Waals surface area contributed by atoms with Gasteiger partial charge in [-0.1, -0.05) is 35.0 Å². The molecule has 2 aliphatic carbocycles. The summed E-state index contributed by atoms with van der Waals surface area (Å²) in [5.41, 5.74) is 1.51. The van der Waals surface area contributed by atoms with Gasteiger partial charge in [0.1, 0.15) is 0 Å². The first kappa shape index (κ1) is 13.6. The summed E-state index contributed by atoms with van der Waals surface area (Å²) >= 11 is 3.50. The third-order valence-corrected chi connectivity index (χ3v) is 5.50. The van der Waals surface area contributed by atoms with Crippen molar-refractivity contribution in [3.63, 3.8) is 0 Å². The predicted octanol–water partition coefficient (Wildman–Crippen LogP) is 4.86. The molecule has 0 heterocycles. The number of benzene rings is 1. The van der Waals surface area contributed by atoms with Gasteiger partial charge >= 0.3 is 0 Å². The summed E-state index contributed by atoms with van der Waals surface area (Å²) in [7, 11) is 0. The lowest BCUT2D eigenvalue weighted by molar-refractivity contribution is 0.221. The van der Waals surface area contributed by atoms with E-state index in [0.29, 0.717) is 0 Å². The zero-order chi connectivity index (χ0) is 13.2. The molecule has 0 amide bonds. The molecule has 3 rings (SSSR count). The summed E-state index contributed by atoms with van der Waals surface area (Å²) in [5.74, 6) is 1.74. The lowest BCUT2D eigenvalue weighted by atomic mass is 9.75. The maximum atomic E-state index is 3.88. The molecule has 2 fully saturated rings. The molecule has 2 saturated carbocycles. The molecular weight excluding hydrogens is 298 g/mol. The highest BCUT2D eigenvalue weighted by molar-refractivity contribution is 9.10. The number of hydrogen-bond acceptors (Lipinski definition) is 1. The number of hydrogen-bond donors (Lipinski definition) is 1. The molecule has 2 aliphatic rings. The van der Waals surface area contributed by atoms with Crippen LogP contribution in [0.5, 0.6) is 0 Å². The Bertz CT molecular complexity index is 400. The van der Waals surface area contributed by atoms with E-state index < -0.39 is 0 Å². The quantitative estimate of drug-likeness (QED) is 0.838. The lowest BCUT2D eigenvalue weighted by Crippen LogP contribution is -2.46. The van der Waals surface area contributed by atoms with Gasteiger partial charge in [0, 0.05) is 16.6 Å². The Morgan fingerprint density at radius 2 is 1.58 bits per heavy atom. The van der Waals surface area contributed by atoms with Crippen molar-refractivity contribution in [1.82, 2.24) is 5.32 Å². The molecule has 0 saturated heterocycles. The minimum atomic E-state index is 0.770. The Balaban J connectivity index is 1.44. The standard InChI is InChI=1S/C17H24BrN/c1-12-2-8-16(9-3-12)19-17-10-14(11-17)13-4-6-15(18)7-5-13/h4-7,12,14,16-17,19H,2-3,8-11H2,1H3. The van der Waals surface area contributed by atoms with E-state index in [-0.39, 0.29) is 0 Å². The van der Waals surface area contributed by atoms with Crippen LogP contribution in [0.25, 0.3) is 0 Å². The predicted molar refractivity (Wildman–Crippen MR) is 84.5 cm³/mol. The molecule has 0 aliphatic heterocycles. The minimum Gasteiger partial charge on any atom is -0.311 e. The van der Waals surface area contributed by atoms with E-state index >= 15 is 0 Å². The molecule has 1 nitrogen and oxygen atoms in total. The average Bonchev–Trinajstić information content (AvgIpc) is 2.37. The van der Waals surface area contributed by atoms with E-state index in [1.165, 1.54) is 48.6 Å². The van der Waals surface area contributed by atoms with Gasteiger partial charge in [0.2, 0.25) is 0 Å². The third-order valence-electron chi connectivity index (χ3n) is 4.97. The molecule has 19 heavy (non-hydrogen) atoms. The fourth-order valence-electron chi connectivity index (χ4n) is 3.52. The van der Waals surface area contributed by atoms with Gasteiger partial charge in [0.05, 0.1) is 0 Å². The van der Waals surface area contributed by atoms with Crippen LogP contribution in [0, 0.1) is 5.92 Å². The van der Waals surface area contributed by atoms with Gasteiger partial charge in [-0.3, -0.25) is 0 Å². The van der Waals surface area contributed by atoms with Gasteiger partial charge in [-0.05, 0) is 68.1 Å². The van der Waals surface area contributed by atoms with Crippen LogP contribution >= 0.6 is 15.9 Å². The maximum absolute atomic E-state index is 3.88. The van der Waals surface area contributed by atoms with Crippen LogP contribution in [0.15, 0.2) is 28.7 Å². The zero-order valence-corrected chi connectivity index (χ0v) is 13.3. The van der Waals surface area contributed by atoms with Crippen molar-refractivity contribution in [3.05, 3.63) is 34.3 Å². The van der Waals surface area contributed by atoms with Gasteiger partial charge in [0.25, 0.3) is 0 Å². The van der Waals surface area contributed by atoms with Crippen molar-refractivity contribution in [1.29, 1.82) is 0 Å². The largest absolute Gasteiger partial charge is 0.311 e. The second-order valence-electron chi connectivity index (χ2n) is 6.54. The molecule has 1 aromatic carbocycles. The van der Waals surface area contributed by atoms with Crippen molar-refractivity contribution in [2.24, 2.45) is 5.92 Å². The smallest absolute Gasteiger partial charge is 0.0175 e. The van der Waals surface area contributed by atoms with Crippen molar-refractivity contribution in [2.75, 3.05) is 0 Å². The molecule has 1 aromatic rings. The first-order valence-electron chi connectivity index (χ1n) is 7.72. The molecular formula is C17H24BrN. The first-order chi connectivity index (χ1) is 9.20. The molecule has 0 unspecified atom stereocenters. The number of nitrogens with one attached hydrogen (secondary N) is 1. The SMILES string of the molecule is CC1CCC(NC2CC(c3ccc(Br)cc3)C2)CC1. The molecule has 104 valence electrons. The van der Waals surface area contributed by atoms with Crippen LogP contribution in [0.1, 0.15) is 56.9 Å². The van der Waals surface area contributed by atoms with Crippen molar-refractivity contribution in [2.45, 2.75) is 63.5 Å². The Labute approximate surface area is 125 Å². The fourth-order valence-corrected chi connectivity index (χ4v) is 3.79. The van der Waals surface area contributed by atoms with Gasteiger partial charge in [0.15, 0.2) is 0 Å². The number of rotatable bonds is 3. The zero-order valence-electron chi connectivity index (χ0n) is 11.7. The molecule has 1 N–H and O–H groups in total. The topological polar surface area (TPSA) is 12.0 Å². The van der Waals surface area contributed by atoms with Gasteiger partial charge in [-0.25, -0.2) is 0 Å². The van der Waals surface area contributed by atoms with E-state index in [1.54, 1.807) is 0 Å². The van der Waals surface area contributed by atoms with Crippen LogP contribution < -0.4 is 5.32 Å². The Hall–Kier alpha value is -0.340. The number of halogens is 1. The molecule has 2 heteroatoms. The van der Waals surface area contributed by atoms with E-state index in [2.05, 4.69) is 52.4 Å².